The lowest BCUT2D eigenvalue weighted by molar-refractivity contribution is -0.141. The molecular weight excluding hydrogens is 342 g/mol. The van der Waals surface area contributed by atoms with Gasteiger partial charge in [0.25, 0.3) is 0 Å². The molecule has 0 unspecified atom stereocenters. The second kappa shape index (κ2) is 10.8. The highest BCUT2D eigenvalue weighted by atomic mass is 16.5. The maximum atomic E-state index is 12.3. The van der Waals surface area contributed by atoms with E-state index in [1.165, 1.54) is 13.2 Å². The first-order chi connectivity index (χ1) is 13.1. The number of amides is 1. The summed E-state index contributed by atoms with van der Waals surface area (Å²) < 4.78 is 10.4. The minimum Gasteiger partial charge on any atom is -0.489 e. The number of benzene rings is 2. The summed E-state index contributed by atoms with van der Waals surface area (Å²) in [6.45, 7) is 3.23. The summed E-state index contributed by atoms with van der Waals surface area (Å²) in [6, 6.07) is 17.5. The van der Waals surface area contributed by atoms with Crippen LogP contribution in [0.5, 0.6) is 5.75 Å². The predicted molar refractivity (Wildman–Crippen MR) is 105 cm³/mol. The first kappa shape index (κ1) is 20.2. The molecule has 0 N–H and O–H groups in total. The van der Waals surface area contributed by atoms with Crippen molar-refractivity contribution in [3.05, 3.63) is 71.8 Å². The molecule has 0 radical (unpaired) electrons. The molecule has 5 nitrogen and oxygen atoms in total. The number of rotatable bonds is 9. The number of likely N-dealkylation sites (N-methyl/N-ethyl adjacent to an activating group) is 1. The van der Waals surface area contributed by atoms with Gasteiger partial charge in [0.1, 0.15) is 12.4 Å². The fourth-order valence-corrected chi connectivity index (χ4v) is 2.47. The molecule has 142 valence electrons. The number of carbonyl (C=O) groups excluding carboxylic acids is 2. The van der Waals surface area contributed by atoms with Gasteiger partial charge in [-0.25, -0.2) is 0 Å². The van der Waals surface area contributed by atoms with E-state index in [4.69, 9.17) is 4.74 Å². The van der Waals surface area contributed by atoms with Crippen LogP contribution in [0.1, 0.15) is 24.5 Å². The Kier molecular flexibility index (Phi) is 8.10. The van der Waals surface area contributed by atoms with Gasteiger partial charge < -0.3 is 14.4 Å². The predicted octanol–water partition coefficient (Wildman–Crippen LogP) is 3.69. The standard InChI is InChI=1S/C22H25NO4/c1-3-23(15-14-22(25)26-2)21(24)13-12-18-10-7-11-20(16-18)27-17-19-8-5-4-6-9-19/h4-13,16H,3,14-15,17H2,1-2H3/b13-12+. The van der Waals surface area contributed by atoms with Crippen LogP contribution in [0, 0.1) is 0 Å². The van der Waals surface area contributed by atoms with Gasteiger partial charge in [0.2, 0.25) is 5.91 Å². The fourth-order valence-electron chi connectivity index (χ4n) is 2.47. The van der Waals surface area contributed by atoms with E-state index in [0.29, 0.717) is 19.7 Å². The Balaban J connectivity index is 1.93. The molecule has 2 aromatic carbocycles. The second-order valence-electron chi connectivity index (χ2n) is 5.92. The third-order valence-corrected chi connectivity index (χ3v) is 4.03. The van der Waals surface area contributed by atoms with Gasteiger partial charge in [0.15, 0.2) is 0 Å². The maximum Gasteiger partial charge on any atom is 0.307 e. The zero-order valence-electron chi connectivity index (χ0n) is 15.8. The summed E-state index contributed by atoms with van der Waals surface area (Å²) >= 11 is 0. The monoisotopic (exact) mass is 367 g/mol. The molecule has 0 aliphatic carbocycles. The Morgan fingerprint density at radius 1 is 1.07 bits per heavy atom. The molecule has 0 saturated carbocycles. The lowest BCUT2D eigenvalue weighted by Crippen LogP contribution is -2.31. The number of hydrogen-bond acceptors (Lipinski definition) is 4. The van der Waals surface area contributed by atoms with Crippen molar-refractivity contribution in [3.63, 3.8) is 0 Å². The van der Waals surface area contributed by atoms with Crippen LogP contribution >= 0.6 is 0 Å². The van der Waals surface area contributed by atoms with Crippen LogP contribution in [-0.2, 0) is 20.9 Å². The van der Waals surface area contributed by atoms with Crippen molar-refractivity contribution in [2.75, 3.05) is 20.2 Å². The number of ether oxygens (including phenoxy) is 2. The Bertz CT molecular complexity index is 771. The van der Waals surface area contributed by atoms with Gasteiger partial charge in [0, 0.05) is 19.2 Å². The number of esters is 1. The molecule has 2 rings (SSSR count). The second-order valence-corrected chi connectivity index (χ2v) is 5.92. The van der Waals surface area contributed by atoms with Gasteiger partial charge in [-0.1, -0.05) is 42.5 Å². The zero-order valence-corrected chi connectivity index (χ0v) is 15.8. The lowest BCUT2D eigenvalue weighted by atomic mass is 10.2. The third-order valence-electron chi connectivity index (χ3n) is 4.03. The molecule has 0 fully saturated rings. The van der Waals surface area contributed by atoms with Crippen LogP contribution in [0.4, 0.5) is 0 Å². The van der Waals surface area contributed by atoms with Crippen LogP contribution in [0.25, 0.3) is 6.08 Å². The highest BCUT2D eigenvalue weighted by Crippen LogP contribution is 2.16. The maximum absolute atomic E-state index is 12.3. The number of hydrogen-bond donors (Lipinski definition) is 0. The Morgan fingerprint density at radius 2 is 1.85 bits per heavy atom. The molecule has 27 heavy (non-hydrogen) atoms. The minimum atomic E-state index is -0.325. The summed E-state index contributed by atoms with van der Waals surface area (Å²) in [5.41, 5.74) is 1.97. The molecule has 1 amide bonds. The molecule has 0 aromatic heterocycles. The molecule has 2 aromatic rings. The quantitative estimate of drug-likeness (QED) is 0.501. The first-order valence-corrected chi connectivity index (χ1v) is 8.93. The average Bonchev–Trinajstić information content (AvgIpc) is 2.72. The highest BCUT2D eigenvalue weighted by Gasteiger charge is 2.10. The molecule has 0 spiro atoms. The van der Waals surface area contributed by atoms with E-state index in [9.17, 15) is 9.59 Å². The Labute approximate surface area is 160 Å². The Morgan fingerprint density at radius 3 is 2.56 bits per heavy atom. The normalized spacial score (nSPS) is 10.6. The summed E-state index contributed by atoms with van der Waals surface area (Å²) in [5, 5.41) is 0. The van der Waals surface area contributed by atoms with Crippen molar-refractivity contribution in [1.82, 2.24) is 4.90 Å². The molecule has 0 atom stereocenters. The molecule has 5 heteroatoms. The summed E-state index contributed by atoms with van der Waals surface area (Å²) in [7, 11) is 1.34. The van der Waals surface area contributed by atoms with Crippen molar-refractivity contribution < 1.29 is 19.1 Å². The van der Waals surface area contributed by atoms with E-state index in [2.05, 4.69) is 4.74 Å². The smallest absolute Gasteiger partial charge is 0.307 e. The van der Waals surface area contributed by atoms with E-state index in [1.807, 2.05) is 61.5 Å². The molecule has 0 saturated heterocycles. The zero-order chi connectivity index (χ0) is 19.5. The van der Waals surface area contributed by atoms with Gasteiger partial charge in [-0.15, -0.1) is 0 Å². The van der Waals surface area contributed by atoms with E-state index in [1.54, 1.807) is 11.0 Å². The number of carbonyl (C=O) groups is 2. The van der Waals surface area contributed by atoms with Crippen molar-refractivity contribution >= 4 is 18.0 Å². The van der Waals surface area contributed by atoms with Crippen molar-refractivity contribution in [3.8, 4) is 5.75 Å². The van der Waals surface area contributed by atoms with E-state index in [0.717, 1.165) is 16.9 Å². The van der Waals surface area contributed by atoms with Crippen LogP contribution in [0.15, 0.2) is 60.7 Å². The number of nitrogens with zero attached hydrogens (tertiary/aromatic N) is 1. The van der Waals surface area contributed by atoms with Gasteiger partial charge >= 0.3 is 5.97 Å². The lowest BCUT2D eigenvalue weighted by Gasteiger charge is -2.18. The SMILES string of the molecule is CCN(CCC(=O)OC)C(=O)/C=C/c1cccc(OCc2ccccc2)c1. The molecule has 0 aliphatic heterocycles. The minimum absolute atomic E-state index is 0.142. The highest BCUT2D eigenvalue weighted by molar-refractivity contribution is 5.92. The largest absolute Gasteiger partial charge is 0.489 e. The Hall–Kier alpha value is -3.08. The van der Waals surface area contributed by atoms with Crippen LogP contribution in [0.2, 0.25) is 0 Å². The van der Waals surface area contributed by atoms with Crippen LogP contribution in [0.3, 0.4) is 0 Å². The van der Waals surface area contributed by atoms with Crippen molar-refractivity contribution in [2.24, 2.45) is 0 Å². The van der Waals surface area contributed by atoms with E-state index >= 15 is 0 Å². The fraction of sp³-hybridized carbons (Fsp3) is 0.273. The van der Waals surface area contributed by atoms with Crippen molar-refractivity contribution in [2.45, 2.75) is 20.0 Å². The summed E-state index contributed by atoms with van der Waals surface area (Å²) in [6.07, 6.45) is 3.45. The van der Waals surface area contributed by atoms with Gasteiger partial charge in [-0.05, 0) is 36.3 Å². The van der Waals surface area contributed by atoms with Crippen LogP contribution < -0.4 is 4.74 Å². The molecule has 0 bridgehead atoms. The van der Waals surface area contributed by atoms with Gasteiger partial charge in [-0.2, -0.15) is 0 Å². The molecule has 0 heterocycles. The molecule has 0 aliphatic rings. The van der Waals surface area contributed by atoms with E-state index in [-0.39, 0.29) is 18.3 Å². The van der Waals surface area contributed by atoms with Crippen molar-refractivity contribution in [1.29, 1.82) is 0 Å². The third kappa shape index (κ3) is 6.98. The van der Waals surface area contributed by atoms with Crippen LogP contribution in [-0.4, -0.2) is 37.0 Å². The van der Waals surface area contributed by atoms with Gasteiger partial charge in [-0.3, -0.25) is 9.59 Å². The number of methoxy groups -OCH3 is 1. The van der Waals surface area contributed by atoms with E-state index < -0.39 is 0 Å². The summed E-state index contributed by atoms with van der Waals surface area (Å²) in [5.74, 6) is 0.275. The summed E-state index contributed by atoms with van der Waals surface area (Å²) in [4.78, 5) is 25.1. The first-order valence-electron chi connectivity index (χ1n) is 8.93. The topological polar surface area (TPSA) is 55.8 Å². The van der Waals surface area contributed by atoms with Gasteiger partial charge in [0.05, 0.1) is 13.5 Å². The molecular formula is C22H25NO4. The average molecular weight is 367 g/mol.